The van der Waals surface area contributed by atoms with Gasteiger partial charge < -0.3 is 0 Å². The number of benzene rings is 1. The topological polar surface area (TPSA) is 0 Å². The number of rotatable bonds is 2. The van der Waals surface area contributed by atoms with E-state index in [1.807, 2.05) is 0 Å². The number of hydrogen-bond donors (Lipinski definition) is 0. The van der Waals surface area contributed by atoms with Crippen molar-refractivity contribution in [1.82, 2.24) is 0 Å². The van der Waals surface area contributed by atoms with Gasteiger partial charge in [0.2, 0.25) is 0 Å². The molecule has 1 aromatic carbocycles. The highest BCUT2D eigenvalue weighted by atomic mass is 14.5. The molecule has 2 aliphatic carbocycles. The zero-order valence-corrected chi connectivity index (χ0v) is 10.6. The molecule has 0 saturated heterocycles. The lowest BCUT2D eigenvalue weighted by molar-refractivity contribution is 0.161. The summed E-state index contributed by atoms with van der Waals surface area (Å²) in [5.41, 5.74) is 3.69. The molecule has 0 heteroatoms. The summed E-state index contributed by atoms with van der Waals surface area (Å²) < 4.78 is 0. The van der Waals surface area contributed by atoms with Crippen LogP contribution in [0.15, 0.2) is 36.9 Å². The Hall–Kier alpha value is -1.04. The summed E-state index contributed by atoms with van der Waals surface area (Å²) >= 11 is 0. The van der Waals surface area contributed by atoms with E-state index in [2.05, 4.69) is 36.9 Å². The Kier molecular flexibility index (Phi) is 2.82. The summed E-state index contributed by atoms with van der Waals surface area (Å²) in [7, 11) is 0. The molecule has 1 fully saturated rings. The molecule has 0 bridgehead atoms. The van der Waals surface area contributed by atoms with Crippen molar-refractivity contribution in [1.29, 1.82) is 0 Å². The van der Waals surface area contributed by atoms with Crippen molar-refractivity contribution in [3.8, 4) is 0 Å². The third kappa shape index (κ3) is 1.66. The first-order valence-corrected chi connectivity index (χ1v) is 7.06. The molecule has 17 heavy (non-hydrogen) atoms. The summed E-state index contributed by atoms with van der Waals surface area (Å²) in [5.74, 6) is 0.907. The van der Waals surface area contributed by atoms with Crippen molar-refractivity contribution in [2.24, 2.45) is 5.92 Å². The van der Waals surface area contributed by atoms with Gasteiger partial charge in [0.1, 0.15) is 0 Å². The first-order chi connectivity index (χ1) is 8.37. The quantitative estimate of drug-likeness (QED) is 0.645. The van der Waals surface area contributed by atoms with Crippen LogP contribution in [0.3, 0.4) is 0 Å². The molecule has 1 saturated carbocycles. The molecule has 0 radical (unpaired) electrons. The molecule has 0 spiro atoms. The third-order valence-corrected chi connectivity index (χ3v) is 5.03. The number of fused-ring (bicyclic) bond motifs is 3. The minimum absolute atomic E-state index is 0.439. The van der Waals surface area contributed by atoms with Crippen LogP contribution < -0.4 is 0 Å². The van der Waals surface area contributed by atoms with Crippen LogP contribution in [0.25, 0.3) is 0 Å². The van der Waals surface area contributed by atoms with Crippen LogP contribution in [0.4, 0.5) is 0 Å². The van der Waals surface area contributed by atoms with Crippen LogP contribution in [0.2, 0.25) is 0 Å². The predicted molar refractivity (Wildman–Crippen MR) is 73.2 cm³/mol. The van der Waals surface area contributed by atoms with E-state index in [9.17, 15) is 0 Å². The van der Waals surface area contributed by atoms with E-state index in [0.29, 0.717) is 5.41 Å². The number of allylic oxidation sites excluding steroid dienone is 1. The predicted octanol–water partition coefficient (Wildman–Crippen LogP) is 4.64. The zero-order valence-electron chi connectivity index (χ0n) is 10.6. The van der Waals surface area contributed by atoms with Gasteiger partial charge >= 0.3 is 0 Å². The van der Waals surface area contributed by atoms with E-state index in [1.165, 1.54) is 44.9 Å². The van der Waals surface area contributed by atoms with Crippen LogP contribution in [-0.4, -0.2) is 0 Å². The van der Waals surface area contributed by atoms with Crippen LogP contribution in [0.5, 0.6) is 0 Å². The number of aryl methyl sites for hydroxylation is 1. The molecule has 2 unspecified atom stereocenters. The monoisotopic (exact) mass is 226 g/mol. The van der Waals surface area contributed by atoms with Crippen molar-refractivity contribution in [3.63, 3.8) is 0 Å². The highest BCUT2D eigenvalue weighted by molar-refractivity contribution is 5.39. The van der Waals surface area contributed by atoms with Crippen LogP contribution in [-0.2, 0) is 11.8 Å². The molecule has 2 aliphatic rings. The second-order valence-electron chi connectivity index (χ2n) is 5.79. The number of hydrogen-bond acceptors (Lipinski definition) is 0. The lowest BCUT2D eigenvalue weighted by atomic mass is 9.56. The standard InChI is InChI=1S/C17H22/c1-2-12-17-13-6-5-8-15(17)11-10-14-7-3-4-9-16(14)17/h2-4,7,9,15H,1,5-6,8,10-13H2. The van der Waals surface area contributed by atoms with Gasteiger partial charge in [-0.2, -0.15) is 0 Å². The zero-order chi connectivity index (χ0) is 11.7. The van der Waals surface area contributed by atoms with Crippen molar-refractivity contribution in [2.45, 2.75) is 50.4 Å². The van der Waals surface area contributed by atoms with E-state index >= 15 is 0 Å². The van der Waals surface area contributed by atoms with Gasteiger partial charge in [0, 0.05) is 5.41 Å². The highest BCUT2D eigenvalue weighted by Gasteiger charge is 2.44. The maximum Gasteiger partial charge on any atom is 0.00184 e. The highest BCUT2D eigenvalue weighted by Crippen LogP contribution is 2.52. The van der Waals surface area contributed by atoms with E-state index in [1.54, 1.807) is 11.1 Å². The average Bonchev–Trinajstić information content (AvgIpc) is 2.39. The van der Waals surface area contributed by atoms with Crippen molar-refractivity contribution >= 4 is 0 Å². The normalized spacial score (nSPS) is 31.4. The maximum absolute atomic E-state index is 4.01. The van der Waals surface area contributed by atoms with Gasteiger partial charge in [-0.15, -0.1) is 6.58 Å². The Labute approximate surface area is 105 Å². The average molecular weight is 226 g/mol. The summed E-state index contributed by atoms with van der Waals surface area (Å²) in [6.07, 6.45) is 11.7. The van der Waals surface area contributed by atoms with Gasteiger partial charge in [-0.25, -0.2) is 0 Å². The Bertz CT molecular complexity index is 418. The van der Waals surface area contributed by atoms with E-state index in [0.717, 1.165) is 5.92 Å². The van der Waals surface area contributed by atoms with Crippen molar-refractivity contribution in [2.75, 3.05) is 0 Å². The molecular weight excluding hydrogens is 204 g/mol. The van der Waals surface area contributed by atoms with Crippen molar-refractivity contribution in [3.05, 3.63) is 48.0 Å². The lowest BCUT2D eigenvalue weighted by Gasteiger charge is -2.48. The third-order valence-electron chi connectivity index (χ3n) is 5.03. The van der Waals surface area contributed by atoms with Crippen LogP contribution in [0, 0.1) is 5.92 Å². The summed E-state index contributed by atoms with van der Waals surface area (Å²) in [5, 5.41) is 0. The minimum atomic E-state index is 0.439. The fraction of sp³-hybridized carbons (Fsp3) is 0.529. The van der Waals surface area contributed by atoms with Gasteiger partial charge in [-0.05, 0) is 49.1 Å². The minimum Gasteiger partial charge on any atom is -0.103 e. The Morgan fingerprint density at radius 1 is 1.24 bits per heavy atom. The van der Waals surface area contributed by atoms with E-state index < -0.39 is 0 Å². The Morgan fingerprint density at radius 3 is 3.00 bits per heavy atom. The molecule has 0 aromatic heterocycles. The first kappa shape index (κ1) is 11.1. The summed E-state index contributed by atoms with van der Waals surface area (Å²) in [4.78, 5) is 0. The Balaban J connectivity index is 2.10. The second-order valence-corrected chi connectivity index (χ2v) is 5.79. The van der Waals surface area contributed by atoms with Gasteiger partial charge in [-0.3, -0.25) is 0 Å². The molecule has 90 valence electrons. The first-order valence-electron chi connectivity index (χ1n) is 7.06. The smallest absolute Gasteiger partial charge is 0.00184 e. The SMILES string of the molecule is C=CCC12CCCCC1CCc1ccccc12. The molecule has 0 amide bonds. The summed E-state index contributed by atoms with van der Waals surface area (Å²) in [6, 6.07) is 9.14. The second kappa shape index (κ2) is 4.33. The van der Waals surface area contributed by atoms with Gasteiger partial charge in [0.15, 0.2) is 0 Å². The lowest BCUT2D eigenvalue weighted by Crippen LogP contribution is -2.41. The molecule has 1 aromatic rings. The van der Waals surface area contributed by atoms with Gasteiger partial charge in [0.05, 0.1) is 0 Å². The fourth-order valence-corrected chi connectivity index (χ4v) is 4.28. The van der Waals surface area contributed by atoms with Gasteiger partial charge in [-0.1, -0.05) is 43.2 Å². The fourth-order valence-electron chi connectivity index (χ4n) is 4.28. The molecule has 2 atom stereocenters. The van der Waals surface area contributed by atoms with Crippen molar-refractivity contribution < 1.29 is 0 Å². The van der Waals surface area contributed by atoms with Gasteiger partial charge in [0.25, 0.3) is 0 Å². The maximum atomic E-state index is 4.01. The van der Waals surface area contributed by atoms with E-state index in [-0.39, 0.29) is 0 Å². The molecule has 0 nitrogen and oxygen atoms in total. The molecule has 3 rings (SSSR count). The molecule has 0 aliphatic heterocycles. The molecule has 0 N–H and O–H groups in total. The molecule has 0 heterocycles. The summed E-state index contributed by atoms with van der Waals surface area (Å²) in [6.45, 7) is 4.01. The van der Waals surface area contributed by atoms with Crippen LogP contribution >= 0.6 is 0 Å². The van der Waals surface area contributed by atoms with Crippen LogP contribution in [0.1, 0.15) is 49.7 Å². The molecular formula is C17H22. The van der Waals surface area contributed by atoms with E-state index in [4.69, 9.17) is 0 Å². The largest absolute Gasteiger partial charge is 0.103 e. The Morgan fingerprint density at radius 2 is 2.12 bits per heavy atom.